The summed E-state index contributed by atoms with van der Waals surface area (Å²) in [5.74, 6) is -0.425. The second-order valence-electron chi connectivity index (χ2n) is 6.41. The first-order valence-electron chi connectivity index (χ1n) is 8.55. The highest BCUT2D eigenvalue weighted by Crippen LogP contribution is 2.25. The Balaban J connectivity index is 1.69. The Morgan fingerprint density at radius 3 is 2.74 bits per heavy atom. The van der Waals surface area contributed by atoms with Crippen LogP contribution < -0.4 is 10.9 Å². The van der Waals surface area contributed by atoms with E-state index in [1.54, 1.807) is 19.3 Å². The van der Waals surface area contributed by atoms with Crippen LogP contribution in [0, 0.1) is 6.92 Å². The van der Waals surface area contributed by atoms with E-state index in [-0.39, 0.29) is 11.1 Å². The molecule has 0 aliphatic heterocycles. The molecule has 3 aromatic heterocycles. The molecule has 0 atom stereocenters. The molecule has 0 saturated heterocycles. The summed E-state index contributed by atoms with van der Waals surface area (Å²) in [6, 6.07) is 14.8. The number of pyridine rings is 2. The lowest BCUT2D eigenvalue weighted by Crippen LogP contribution is -2.27. The topological polar surface area (TPSA) is 68.4 Å². The van der Waals surface area contributed by atoms with Crippen LogP contribution in [0.1, 0.15) is 15.9 Å². The average Bonchev–Trinajstić information content (AvgIpc) is 3.10. The smallest absolute Gasteiger partial charge is 0.263 e. The molecule has 0 aliphatic rings. The number of benzene rings is 1. The van der Waals surface area contributed by atoms with Gasteiger partial charge in [0.05, 0.1) is 5.69 Å². The molecule has 0 aliphatic carbocycles. The van der Waals surface area contributed by atoms with Crippen molar-refractivity contribution in [3.8, 4) is 11.3 Å². The van der Waals surface area contributed by atoms with Crippen LogP contribution in [0.2, 0.25) is 0 Å². The number of nitrogens with one attached hydrogen (secondary N) is 1. The fourth-order valence-corrected chi connectivity index (χ4v) is 2.95. The zero-order chi connectivity index (χ0) is 19.0. The lowest BCUT2D eigenvalue weighted by atomic mass is 10.1. The summed E-state index contributed by atoms with van der Waals surface area (Å²) >= 11 is 0. The molecule has 0 radical (unpaired) electrons. The molecule has 4 aromatic rings. The van der Waals surface area contributed by atoms with Gasteiger partial charge in [-0.15, -0.1) is 0 Å². The largest absolute Gasteiger partial charge is 0.322 e. The van der Waals surface area contributed by atoms with E-state index in [0.29, 0.717) is 5.69 Å². The highest BCUT2D eigenvalue weighted by atomic mass is 16.2. The maximum atomic E-state index is 12.6. The number of carbonyl (C=O) groups is 1. The molecule has 0 bridgehead atoms. The number of imidazole rings is 1. The van der Waals surface area contributed by atoms with Gasteiger partial charge in [0.2, 0.25) is 0 Å². The monoisotopic (exact) mass is 358 g/mol. The van der Waals surface area contributed by atoms with Gasteiger partial charge in [0.1, 0.15) is 11.2 Å². The van der Waals surface area contributed by atoms with E-state index < -0.39 is 5.91 Å². The second kappa shape index (κ2) is 6.57. The fraction of sp³-hybridized carbons (Fsp3) is 0.0952. The molecular formula is C21H18N4O2. The molecule has 0 saturated carbocycles. The number of anilines is 1. The Morgan fingerprint density at radius 1 is 1.07 bits per heavy atom. The van der Waals surface area contributed by atoms with Crippen molar-refractivity contribution in [1.29, 1.82) is 0 Å². The third-order valence-corrected chi connectivity index (χ3v) is 4.51. The first kappa shape index (κ1) is 16.8. The Bertz CT molecular complexity index is 1190. The SMILES string of the molecule is Cc1ccc(-c2cn3ccccc3n2)cc1NC(=O)c1cccn(C)c1=O. The Kier molecular flexibility index (Phi) is 4.08. The number of nitrogens with zero attached hydrogens (tertiary/aromatic N) is 3. The highest BCUT2D eigenvalue weighted by molar-refractivity contribution is 6.04. The Hall–Kier alpha value is -3.67. The van der Waals surface area contributed by atoms with Crippen molar-refractivity contribution in [3.63, 3.8) is 0 Å². The standard InChI is InChI=1S/C21H18N4O2/c1-14-8-9-15(18-13-25-11-4-3-7-19(25)22-18)12-17(14)23-20(26)16-6-5-10-24(2)21(16)27/h3-13H,1-2H3,(H,23,26). The molecule has 1 N–H and O–H groups in total. The van der Waals surface area contributed by atoms with E-state index >= 15 is 0 Å². The van der Waals surface area contributed by atoms with Crippen molar-refractivity contribution < 1.29 is 4.79 Å². The van der Waals surface area contributed by atoms with E-state index in [2.05, 4.69) is 10.3 Å². The van der Waals surface area contributed by atoms with E-state index in [9.17, 15) is 9.59 Å². The maximum absolute atomic E-state index is 12.6. The molecule has 6 nitrogen and oxygen atoms in total. The number of hydrogen-bond acceptors (Lipinski definition) is 3. The number of rotatable bonds is 3. The number of fused-ring (bicyclic) bond motifs is 1. The van der Waals surface area contributed by atoms with Crippen molar-refractivity contribution in [3.05, 3.63) is 88.6 Å². The highest BCUT2D eigenvalue weighted by Gasteiger charge is 2.13. The average molecular weight is 358 g/mol. The molecule has 0 fully saturated rings. The van der Waals surface area contributed by atoms with Gasteiger partial charge in [0, 0.05) is 36.9 Å². The van der Waals surface area contributed by atoms with E-state index in [1.165, 1.54) is 10.6 Å². The minimum atomic E-state index is -0.425. The Labute approximate surface area is 155 Å². The number of amides is 1. The van der Waals surface area contributed by atoms with Crippen molar-refractivity contribution in [2.45, 2.75) is 6.92 Å². The summed E-state index contributed by atoms with van der Waals surface area (Å²) in [7, 11) is 1.62. The Morgan fingerprint density at radius 2 is 1.93 bits per heavy atom. The summed E-state index contributed by atoms with van der Waals surface area (Å²) in [5, 5.41) is 2.85. The van der Waals surface area contributed by atoms with Crippen molar-refractivity contribution in [2.75, 3.05) is 5.32 Å². The zero-order valence-electron chi connectivity index (χ0n) is 15.0. The van der Waals surface area contributed by atoms with Crippen LogP contribution in [-0.2, 0) is 7.05 Å². The number of aromatic nitrogens is 3. The molecular weight excluding hydrogens is 340 g/mol. The van der Waals surface area contributed by atoms with E-state index in [0.717, 1.165) is 22.5 Å². The number of hydrogen-bond donors (Lipinski definition) is 1. The summed E-state index contributed by atoms with van der Waals surface area (Å²) in [6.45, 7) is 1.91. The van der Waals surface area contributed by atoms with Crippen molar-refractivity contribution in [2.24, 2.45) is 7.05 Å². The molecule has 27 heavy (non-hydrogen) atoms. The molecule has 0 spiro atoms. The van der Waals surface area contributed by atoms with Crippen LogP contribution in [0.4, 0.5) is 5.69 Å². The van der Waals surface area contributed by atoms with Crippen LogP contribution in [0.25, 0.3) is 16.9 Å². The lowest BCUT2D eigenvalue weighted by Gasteiger charge is -2.10. The van der Waals surface area contributed by atoms with Gasteiger partial charge < -0.3 is 14.3 Å². The summed E-state index contributed by atoms with van der Waals surface area (Å²) in [6.07, 6.45) is 5.50. The molecule has 0 unspecified atom stereocenters. The van der Waals surface area contributed by atoms with Crippen LogP contribution in [0.3, 0.4) is 0 Å². The molecule has 3 heterocycles. The predicted octanol–water partition coefficient (Wildman–Crippen LogP) is 3.26. The third kappa shape index (κ3) is 3.13. The van der Waals surface area contributed by atoms with Crippen LogP contribution in [0.15, 0.2) is 71.9 Å². The predicted molar refractivity (Wildman–Crippen MR) is 105 cm³/mol. The zero-order valence-corrected chi connectivity index (χ0v) is 15.0. The minimum absolute atomic E-state index is 0.109. The second-order valence-corrected chi connectivity index (χ2v) is 6.41. The van der Waals surface area contributed by atoms with Crippen molar-refractivity contribution >= 4 is 17.2 Å². The van der Waals surface area contributed by atoms with Crippen LogP contribution >= 0.6 is 0 Å². The summed E-state index contributed by atoms with van der Waals surface area (Å²) < 4.78 is 3.33. The normalized spacial score (nSPS) is 10.9. The van der Waals surface area contributed by atoms with Gasteiger partial charge >= 0.3 is 0 Å². The molecule has 4 rings (SSSR count). The van der Waals surface area contributed by atoms with Gasteiger partial charge in [-0.2, -0.15) is 0 Å². The van der Waals surface area contributed by atoms with E-state index in [1.807, 2.05) is 60.1 Å². The lowest BCUT2D eigenvalue weighted by molar-refractivity contribution is 0.102. The van der Waals surface area contributed by atoms with Gasteiger partial charge in [-0.3, -0.25) is 9.59 Å². The van der Waals surface area contributed by atoms with Crippen molar-refractivity contribution in [1.82, 2.24) is 14.0 Å². The summed E-state index contributed by atoms with van der Waals surface area (Å²) in [4.78, 5) is 29.4. The van der Waals surface area contributed by atoms with Gasteiger partial charge in [-0.05, 0) is 42.8 Å². The van der Waals surface area contributed by atoms with Gasteiger partial charge in [-0.25, -0.2) is 4.98 Å². The minimum Gasteiger partial charge on any atom is -0.322 e. The van der Waals surface area contributed by atoms with Crippen LogP contribution in [0.5, 0.6) is 0 Å². The fourth-order valence-electron chi connectivity index (χ4n) is 2.95. The molecule has 134 valence electrons. The van der Waals surface area contributed by atoms with E-state index in [4.69, 9.17) is 0 Å². The van der Waals surface area contributed by atoms with Gasteiger partial charge in [0.25, 0.3) is 11.5 Å². The number of aryl methyl sites for hydroxylation is 2. The quantitative estimate of drug-likeness (QED) is 0.611. The summed E-state index contributed by atoms with van der Waals surface area (Å²) in [5.41, 5.74) is 3.89. The van der Waals surface area contributed by atoms with Crippen LogP contribution in [-0.4, -0.2) is 19.9 Å². The molecule has 6 heteroatoms. The maximum Gasteiger partial charge on any atom is 0.263 e. The van der Waals surface area contributed by atoms with Gasteiger partial charge in [0.15, 0.2) is 0 Å². The third-order valence-electron chi connectivity index (χ3n) is 4.51. The molecule has 1 amide bonds. The molecule has 1 aromatic carbocycles. The number of carbonyl (C=O) groups excluding carboxylic acids is 1. The first-order chi connectivity index (χ1) is 13.0. The first-order valence-corrected chi connectivity index (χ1v) is 8.55. The van der Waals surface area contributed by atoms with Gasteiger partial charge in [-0.1, -0.05) is 18.2 Å².